The maximum absolute atomic E-state index is 12.5. The molecule has 2 aliphatic rings. The van der Waals surface area contributed by atoms with Crippen molar-refractivity contribution in [1.29, 1.82) is 0 Å². The van der Waals surface area contributed by atoms with E-state index in [9.17, 15) is 8.42 Å². The molecule has 2 aliphatic heterocycles. The highest BCUT2D eigenvalue weighted by molar-refractivity contribution is 7.89. The molecule has 1 N–H and O–H groups in total. The maximum atomic E-state index is 12.5. The summed E-state index contributed by atoms with van der Waals surface area (Å²) >= 11 is 0. The summed E-state index contributed by atoms with van der Waals surface area (Å²) in [6.07, 6.45) is 0.363. The second kappa shape index (κ2) is 5.99. The van der Waals surface area contributed by atoms with Crippen LogP contribution in [-0.2, 0) is 16.4 Å². The quantitative estimate of drug-likeness (QED) is 0.912. The Balaban J connectivity index is 1.44. The number of ether oxygens (including phenoxy) is 3. The van der Waals surface area contributed by atoms with E-state index in [0.717, 1.165) is 17.7 Å². The van der Waals surface area contributed by atoms with E-state index < -0.39 is 10.0 Å². The lowest BCUT2D eigenvalue weighted by Crippen LogP contribution is -2.40. The molecule has 0 aliphatic carbocycles. The Morgan fingerprint density at radius 1 is 1.04 bits per heavy atom. The van der Waals surface area contributed by atoms with Crippen LogP contribution >= 0.6 is 0 Å². The molecule has 0 radical (unpaired) electrons. The number of rotatable bonds is 4. The largest absolute Gasteiger partial charge is 0.493 e. The summed E-state index contributed by atoms with van der Waals surface area (Å²) in [5.41, 5.74) is 0.920. The van der Waals surface area contributed by atoms with E-state index in [1.165, 1.54) is 0 Å². The van der Waals surface area contributed by atoms with Gasteiger partial charge in [-0.15, -0.1) is 0 Å². The Morgan fingerprint density at radius 3 is 2.75 bits per heavy atom. The zero-order chi connectivity index (χ0) is 16.6. The predicted octanol–water partition coefficient (Wildman–Crippen LogP) is 1.74. The molecule has 6 nitrogen and oxygen atoms in total. The highest BCUT2D eigenvalue weighted by Gasteiger charge is 2.24. The van der Waals surface area contributed by atoms with Crippen molar-refractivity contribution in [2.24, 2.45) is 0 Å². The molecule has 2 aromatic carbocycles. The van der Waals surface area contributed by atoms with Gasteiger partial charge in [0.25, 0.3) is 0 Å². The first-order valence-corrected chi connectivity index (χ1v) is 9.24. The number of para-hydroxylation sites is 2. The molecule has 0 saturated heterocycles. The van der Waals surface area contributed by atoms with Crippen LogP contribution in [0.4, 0.5) is 0 Å². The van der Waals surface area contributed by atoms with E-state index in [4.69, 9.17) is 14.2 Å². The predicted molar refractivity (Wildman–Crippen MR) is 87.2 cm³/mol. The Labute approximate surface area is 140 Å². The molecule has 1 atom stereocenters. The number of hydrogen-bond acceptors (Lipinski definition) is 5. The molecule has 0 amide bonds. The summed E-state index contributed by atoms with van der Waals surface area (Å²) in [6.45, 7) is 1.04. The van der Waals surface area contributed by atoms with Gasteiger partial charge in [0.1, 0.15) is 18.5 Å². The smallest absolute Gasteiger partial charge is 0.240 e. The van der Waals surface area contributed by atoms with Crippen LogP contribution in [0.1, 0.15) is 5.56 Å². The SMILES string of the molecule is O=S(=O)(NC[C@H]1COc2ccccc2O1)c1ccc2c(c1)CCO2. The third-order valence-electron chi connectivity index (χ3n) is 4.04. The number of nitrogens with one attached hydrogen (secondary N) is 1. The van der Waals surface area contributed by atoms with Gasteiger partial charge in [-0.25, -0.2) is 13.1 Å². The van der Waals surface area contributed by atoms with Crippen LogP contribution in [-0.4, -0.2) is 34.3 Å². The molecule has 126 valence electrons. The molecule has 24 heavy (non-hydrogen) atoms. The van der Waals surface area contributed by atoms with Crippen LogP contribution in [0.2, 0.25) is 0 Å². The molecular weight excluding hydrogens is 330 g/mol. The number of benzene rings is 2. The fourth-order valence-electron chi connectivity index (χ4n) is 2.78. The molecular formula is C17H17NO5S. The highest BCUT2D eigenvalue weighted by Crippen LogP contribution is 2.31. The molecule has 0 unspecified atom stereocenters. The summed E-state index contributed by atoms with van der Waals surface area (Å²) < 4.78 is 44.3. The van der Waals surface area contributed by atoms with Gasteiger partial charge in [0.2, 0.25) is 10.0 Å². The Kier molecular flexibility index (Phi) is 3.82. The van der Waals surface area contributed by atoms with Crippen LogP contribution in [0.3, 0.4) is 0 Å². The highest BCUT2D eigenvalue weighted by atomic mass is 32.2. The standard InChI is InChI=1S/C17H17NO5S/c19-24(20,14-5-6-15-12(9-14)7-8-21-15)18-10-13-11-22-16-3-1-2-4-17(16)23-13/h1-6,9,13,18H,7-8,10-11H2/t13-/m0/s1. The number of fused-ring (bicyclic) bond motifs is 2. The third kappa shape index (κ3) is 2.92. The number of hydrogen-bond donors (Lipinski definition) is 1. The van der Waals surface area contributed by atoms with Gasteiger partial charge in [0, 0.05) is 6.42 Å². The van der Waals surface area contributed by atoms with Crippen molar-refractivity contribution < 1.29 is 22.6 Å². The fraction of sp³-hybridized carbons (Fsp3) is 0.294. The van der Waals surface area contributed by atoms with Gasteiger partial charge in [0.05, 0.1) is 18.0 Å². The molecule has 0 aromatic heterocycles. The van der Waals surface area contributed by atoms with E-state index in [0.29, 0.717) is 24.7 Å². The second-order valence-electron chi connectivity index (χ2n) is 5.72. The van der Waals surface area contributed by atoms with Crippen molar-refractivity contribution in [3.05, 3.63) is 48.0 Å². The van der Waals surface area contributed by atoms with Crippen molar-refractivity contribution in [2.45, 2.75) is 17.4 Å². The van der Waals surface area contributed by atoms with Gasteiger partial charge in [-0.2, -0.15) is 0 Å². The summed E-state index contributed by atoms with van der Waals surface area (Å²) in [5, 5.41) is 0. The summed E-state index contributed by atoms with van der Waals surface area (Å²) in [7, 11) is -3.60. The van der Waals surface area contributed by atoms with E-state index in [1.807, 2.05) is 18.2 Å². The lowest BCUT2D eigenvalue weighted by Gasteiger charge is -2.26. The minimum absolute atomic E-state index is 0.143. The minimum Gasteiger partial charge on any atom is -0.493 e. The topological polar surface area (TPSA) is 73.9 Å². The van der Waals surface area contributed by atoms with Crippen LogP contribution in [0, 0.1) is 0 Å². The normalized spacial score (nSPS) is 18.8. The lowest BCUT2D eigenvalue weighted by molar-refractivity contribution is 0.0943. The van der Waals surface area contributed by atoms with Crippen molar-refractivity contribution >= 4 is 10.0 Å². The molecule has 2 heterocycles. The summed E-state index contributed by atoms with van der Waals surface area (Å²) in [5.74, 6) is 2.06. The Hall–Kier alpha value is -2.25. The first-order valence-electron chi connectivity index (χ1n) is 7.76. The average Bonchev–Trinajstić information content (AvgIpc) is 3.07. The van der Waals surface area contributed by atoms with E-state index in [-0.39, 0.29) is 17.5 Å². The fourth-order valence-corrected chi connectivity index (χ4v) is 3.90. The van der Waals surface area contributed by atoms with Gasteiger partial charge < -0.3 is 14.2 Å². The van der Waals surface area contributed by atoms with Gasteiger partial charge >= 0.3 is 0 Å². The third-order valence-corrected chi connectivity index (χ3v) is 5.46. The van der Waals surface area contributed by atoms with Crippen molar-refractivity contribution in [3.63, 3.8) is 0 Å². The van der Waals surface area contributed by atoms with Gasteiger partial charge in [-0.3, -0.25) is 0 Å². The minimum atomic E-state index is -3.60. The van der Waals surface area contributed by atoms with Crippen molar-refractivity contribution in [1.82, 2.24) is 4.72 Å². The Morgan fingerprint density at radius 2 is 1.88 bits per heavy atom. The van der Waals surface area contributed by atoms with E-state index >= 15 is 0 Å². The molecule has 0 saturated carbocycles. The molecule has 0 spiro atoms. The van der Waals surface area contributed by atoms with Crippen LogP contribution in [0.5, 0.6) is 17.2 Å². The molecule has 2 aromatic rings. The lowest BCUT2D eigenvalue weighted by atomic mass is 10.2. The zero-order valence-corrected chi connectivity index (χ0v) is 13.7. The second-order valence-corrected chi connectivity index (χ2v) is 7.48. The Bertz CT molecular complexity index is 865. The number of sulfonamides is 1. The van der Waals surface area contributed by atoms with Crippen LogP contribution in [0.15, 0.2) is 47.4 Å². The van der Waals surface area contributed by atoms with Gasteiger partial charge in [-0.05, 0) is 35.9 Å². The summed E-state index contributed by atoms with van der Waals surface area (Å²) in [4.78, 5) is 0.240. The van der Waals surface area contributed by atoms with E-state index in [2.05, 4.69) is 4.72 Å². The first kappa shape index (κ1) is 15.3. The molecule has 4 rings (SSSR count). The van der Waals surface area contributed by atoms with Gasteiger partial charge in [0.15, 0.2) is 11.5 Å². The van der Waals surface area contributed by atoms with Crippen molar-refractivity contribution in [3.8, 4) is 17.2 Å². The van der Waals surface area contributed by atoms with Crippen molar-refractivity contribution in [2.75, 3.05) is 19.8 Å². The molecule has 0 bridgehead atoms. The van der Waals surface area contributed by atoms with E-state index in [1.54, 1.807) is 24.3 Å². The summed E-state index contributed by atoms with van der Waals surface area (Å²) in [6, 6.07) is 12.3. The van der Waals surface area contributed by atoms with Crippen LogP contribution in [0.25, 0.3) is 0 Å². The van der Waals surface area contributed by atoms with Gasteiger partial charge in [-0.1, -0.05) is 12.1 Å². The first-order chi connectivity index (χ1) is 11.6. The average molecular weight is 347 g/mol. The molecule has 7 heteroatoms. The zero-order valence-electron chi connectivity index (χ0n) is 12.9. The molecule has 0 fully saturated rings. The maximum Gasteiger partial charge on any atom is 0.240 e. The van der Waals surface area contributed by atoms with Crippen LogP contribution < -0.4 is 18.9 Å². The monoisotopic (exact) mass is 347 g/mol.